The van der Waals surface area contributed by atoms with E-state index in [1.54, 1.807) is 13.0 Å². The van der Waals surface area contributed by atoms with Gasteiger partial charge in [0.25, 0.3) is 5.69 Å². The van der Waals surface area contributed by atoms with Crippen molar-refractivity contribution in [2.45, 2.75) is 32.7 Å². The molecule has 1 atom stereocenters. The van der Waals surface area contributed by atoms with Crippen molar-refractivity contribution in [3.05, 3.63) is 39.4 Å². The van der Waals surface area contributed by atoms with Crippen molar-refractivity contribution in [3.63, 3.8) is 0 Å². The van der Waals surface area contributed by atoms with E-state index in [-0.39, 0.29) is 16.7 Å². The lowest BCUT2D eigenvalue weighted by atomic mass is 9.94. The number of hydrogen-bond donors (Lipinski definition) is 1. The Morgan fingerprint density at radius 2 is 2.10 bits per heavy atom. The van der Waals surface area contributed by atoms with Crippen molar-refractivity contribution in [2.75, 3.05) is 26.7 Å². The quantitative estimate of drug-likeness (QED) is 0.669. The molecule has 0 aliphatic carbocycles. The molecule has 116 valence electrons. The summed E-state index contributed by atoms with van der Waals surface area (Å²) in [5.41, 5.74) is 1.99. The number of likely N-dealkylation sites (tertiary alicyclic amines) is 1. The smallest absolute Gasteiger partial charge is 0.272 e. The molecule has 1 aromatic carbocycles. The highest BCUT2D eigenvalue weighted by Crippen LogP contribution is 2.29. The molecule has 0 saturated carbocycles. The second-order valence-electron chi connectivity index (χ2n) is 6.02. The van der Waals surface area contributed by atoms with E-state index in [9.17, 15) is 10.1 Å². The Kier molecular flexibility index (Phi) is 5.31. The minimum absolute atomic E-state index is 0.226. The van der Waals surface area contributed by atoms with E-state index in [1.165, 1.54) is 12.8 Å². The summed E-state index contributed by atoms with van der Waals surface area (Å²) in [5.74, 6) is 0.755. The van der Waals surface area contributed by atoms with Crippen LogP contribution < -0.4 is 5.32 Å². The minimum atomic E-state index is -0.287. The van der Waals surface area contributed by atoms with Gasteiger partial charge < -0.3 is 5.32 Å². The molecule has 0 aromatic heterocycles. The fraction of sp³-hybridized carbons (Fsp3) is 0.625. The Morgan fingerprint density at radius 3 is 2.67 bits per heavy atom. The maximum absolute atomic E-state index is 11.1. The highest BCUT2D eigenvalue weighted by Gasteiger charge is 2.24. The van der Waals surface area contributed by atoms with Gasteiger partial charge in [0.1, 0.15) is 0 Å². The maximum Gasteiger partial charge on any atom is 0.272 e. The topological polar surface area (TPSA) is 58.4 Å². The second kappa shape index (κ2) is 7.00. The van der Waals surface area contributed by atoms with E-state index < -0.39 is 0 Å². The zero-order valence-electron chi connectivity index (χ0n) is 13.1. The maximum atomic E-state index is 11.1. The van der Waals surface area contributed by atoms with E-state index in [2.05, 4.69) is 17.1 Å². The summed E-state index contributed by atoms with van der Waals surface area (Å²) in [5, 5.41) is 14.3. The van der Waals surface area contributed by atoms with Crippen molar-refractivity contribution in [3.8, 4) is 0 Å². The summed E-state index contributed by atoms with van der Waals surface area (Å²) < 4.78 is 0. The number of rotatable bonds is 5. The fourth-order valence-electron chi connectivity index (χ4n) is 3.13. The van der Waals surface area contributed by atoms with E-state index >= 15 is 0 Å². The number of nitrogens with one attached hydrogen (secondary N) is 1. The van der Waals surface area contributed by atoms with Gasteiger partial charge >= 0.3 is 0 Å². The molecule has 0 spiro atoms. The van der Waals surface area contributed by atoms with Crippen LogP contribution in [0.1, 0.15) is 36.9 Å². The highest BCUT2D eigenvalue weighted by molar-refractivity contribution is 5.43. The van der Waals surface area contributed by atoms with Gasteiger partial charge in [-0.2, -0.15) is 0 Å². The summed E-state index contributed by atoms with van der Waals surface area (Å²) in [7, 11) is 2.00. The van der Waals surface area contributed by atoms with Crippen LogP contribution in [0.3, 0.4) is 0 Å². The normalized spacial score (nSPS) is 18.6. The van der Waals surface area contributed by atoms with Gasteiger partial charge in [0.2, 0.25) is 0 Å². The lowest BCUT2D eigenvalue weighted by Gasteiger charge is -2.36. The molecule has 1 fully saturated rings. The number of hydrogen-bond acceptors (Lipinski definition) is 4. The Labute approximate surface area is 126 Å². The zero-order valence-corrected chi connectivity index (χ0v) is 13.1. The van der Waals surface area contributed by atoms with Gasteiger partial charge in [-0.3, -0.25) is 15.0 Å². The van der Waals surface area contributed by atoms with E-state index in [4.69, 9.17) is 0 Å². The predicted octanol–water partition coefficient (Wildman–Crippen LogP) is 2.90. The number of benzene rings is 1. The molecular weight excluding hydrogens is 266 g/mol. The highest BCUT2D eigenvalue weighted by atomic mass is 16.6. The minimum Gasteiger partial charge on any atom is -0.319 e. The van der Waals surface area contributed by atoms with Crippen LogP contribution in [-0.2, 0) is 0 Å². The Bertz CT molecular complexity index is 496. The molecule has 0 bridgehead atoms. The number of aryl methyl sites for hydroxylation is 1. The van der Waals surface area contributed by atoms with Gasteiger partial charge in [-0.15, -0.1) is 0 Å². The van der Waals surface area contributed by atoms with Crippen LogP contribution in [0, 0.1) is 23.0 Å². The molecule has 1 aliphatic rings. The zero-order chi connectivity index (χ0) is 15.4. The van der Waals surface area contributed by atoms with Crippen molar-refractivity contribution >= 4 is 5.69 Å². The van der Waals surface area contributed by atoms with Crippen molar-refractivity contribution in [2.24, 2.45) is 5.92 Å². The molecule has 2 rings (SSSR count). The molecule has 1 N–H and O–H groups in total. The first kappa shape index (κ1) is 15.9. The third kappa shape index (κ3) is 3.80. The molecule has 1 heterocycles. The van der Waals surface area contributed by atoms with Gasteiger partial charge in [-0.1, -0.05) is 12.1 Å². The number of nitro benzene ring substituents is 1. The van der Waals surface area contributed by atoms with Gasteiger partial charge in [-0.25, -0.2) is 0 Å². The first-order valence-corrected chi connectivity index (χ1v) is 7.66. The molecule has 5 nitrogen and oxygen atoms in total. The van der Waals surface area contributed by atoms with Gasteiger partial charge in [0.05, 0.1) is 4.92 Å². The van der Waals surface area contributed by atoms with Crippen LogP contribution in [-0.4, -0.2) is 36.5 Å². The van der Waals surface area contributed by atoms with E-state index in [0.717, 1.165) is 36.7 Å². The molecule has 1 aliphatic heterocycles. The molecule has 5 heteroatoms. The largest absolute Gasteiger partial charge is 0.319 e. The number of nitro groups is 1. The Balaban J connectivity index is 2.05. The second-order valence-corrected chi connectivity index (χ2v) is 6.02. The van der Waals surface area contributed by atoms with Crippen molar-refractivity contribution in [1.29, 1.82) is 0 Å². The molecule has 1 aromatic rings. The van der Waals surface area contributed by atoms with Gasteiger partial charge in [0.15, 0.2) is 0 Å². The average molecular weight is 291 g/mol. The first-order chi connectivity index (χ1) is 10.0. The fourth-order valence-corrected chi connectivity index (χ4v) is 3.13. The lowest BCUT2D eigenvalue weighted by molar-refractivity contribution is -0.385. The predicted molar refractivity (Wildman–Crippen MR) is 84.5 cm³/mol. The summed E-state index contributed by atoms with van der Waals surface area (Å²) in [6, 6.07) is 5.85. The van der Waals surface area contributed by atoms with Gasteiger partial charge in [0, 0.05) is 17.7 Å². The van der Waals surface area contributed by atoms with Crippen molar-refractivity contribution < 1.29 is 4.92 Å². The summed E-state index contributed by atoms with van der Waals surface area (Å²) in [4.78, 5) is 13.2. The van der Waals surface area contributed by atoms with Crippen LogP contribution in [0.4, 0.5) is 5.69 Å². The van der Waals surface area contributed by atoms with Gasteiger partial charge in [-0.05, 0) is 64.9 Å². The van der Waals surface area contributed by atoms with E-state index in [1.807, 2.05) is 19.2 Å². The molecule has 0 amide bonds. The lowest BCUT2D eigenvalue weighted by Crippen LogP contribution is -2.38. The Hall–Kier alpha value is -1.46. The van der Waals surface area contributed by atoms with Crippen LogP contribution >= 0.6 is 0 Å². The summed E-state index contributed by atoms with van der Waals surface area (Å²) in [6.45, 7) is 7.14. The number of piperidine rings is 1. The monoisotopic (exact) mass is 291 g/mol. The molecule has 1 unspecified atom stereocenters. The third-order valence-electron chi connectivity index (χ3n) is 4.60. The average Bonchev–Trinajstić information content (AvgIpc) is 2.48. The van der Waals surface area contributed by atoms with E-state index in [0.29, 0.717) is 0 Å². The van der Waals surface area contributed by atoms with Crippen LogP contribution in [0.25, 0.3) is 0 Å². The van der Waals surface area contributed by atoms with Crippen LogP contribution in [0.5, 0.6) is 0 Å². The van der Waals surface area contributed by atoms with Crippen molar-refractivity contribution in [1.82, 2.24) is 10.2 Å². The summed E-state index contributed by atoms with van der Waals surface area (Å²) >= 11 is 0. The number of nitrogens with zero attached hydrogens (tertiary/aromatic N) is 2. The Morgan fingerprint density at radius 1 is 1.43 bits per heavy atom. The molecule has 21 heavy (non-hydrogen) atoms. The van der Waals surface area contributed by atoms with Crippen LogP contribution in [0.2, 0.25) is 0 Å². The molecule has 1 saturated heterocycles. The third-order valence-corrected chi connectivity index (χ3v) is 4.60. The first-order valence-electron chi connectivity index (χ1n) is 7.66. The standard InChI is InChI=1S/C16H25N3O2/c1-12-4-5-15(10-16(12)19(20)21)13(2)18-8-6-14(7-9-18)11-17-3/h4-5,10,13-14,17H,6-9,11H2,1-3H3. The van der Waals surface area contributed by atoms with Crippen LogP contribution in [0.15, 0.2) is 18.2 Å². The molecule has 0 radical (unpaired) electrons. The molecular formula is C16H25N3O2. The SMILES string of the molecule is CNCC1CCN(C(C)c2ccc(C)c([N+](=O)[O-])c2)CC1. The summed E-state index contributed by atoms with van der Waals surface area (Å²) in [6.07, 6.45) is 2.39.